The fourth-order valence-electron chi connectivity index (χ4n) is 2.00. The minimum atomic E-state index is -0.991. The van der Waals surface area contributed by atoms with Crippen molar-refractivity contribution in [1.82, 2.24) is 0 Å². The Bertz CT molecular complexity index is 778. The average molecular weight is 323 g/mol. The third kappa shape index (κ3) is 4.16. The lowest BCUT2D eigenvalue weighted by molar-refractivity contribution is 0.612. The first-order chi connectivity index (χ1) is 11.0. The van der Waals surface area contributed by atoms with Crippen LogP contribution < -0.4 is 0 Å². The van der Waals surface area contributed by atoms with Gasteiger partial charge in [-0.25, -0.2) is 0 Å². The maximum absolute atomic E-state index is 8.83. The highest BCUT2D eigenvalue weighted by molar-refractivity contribution is 6.23. The van der Waals surface area contributed by atoms with Crippen molar-refractivity contribution in [2.24, 2.45) is 10.2 Å². The van der Waals surface area contributed by atoms with Gasteiger partial charge in [-0.05, 0) is 49.2 Å². The van der Waals surface area contributed by atoms with Crippen LogP contribution in [0.2, 0.25) is 0 Å². The quantitative estimate of drug-likeness (QED) is 0.448. The number of nitrogens with zero attached hydrogens (tertiary/aromatic N) is 4. The highest BCUT2D eigenvalue weighted by atomic mass is 35.5. The molecule has 0 saturated heterocycles. The molecule has 0 aliphatic rings. The smallest absolute Gasteiger partial charge is 0.176 e. The number of azo groups is 1. The molecular formula is C18H15ClN4. The SMILES string of the molecule is CC(/N=N/C(C)(Cl)c1ccc(C#N)cc1)c1ccc(C#N)cc1. The molecule has 0 aromatic heterocycles. The van der Waals surface area contributed by atoms with Crippen molar-refractivity contribution < 1.29 is 0 Å². The van der Waals surface area contributed by atoms with Crippen LogP contribution in [0.1, 0.15) is 42.1 Å². The Labute approximate surface area is 140 Å². The van der Waals surface area contributed by atoms with E-state index in [1.54, 1.807) is 43.3 Å². The van der Waals surface area contributed by atoms with Crippen LogP contribution in [0.15, 0.2) is 58.8 Å². The summed E-state index contributed by atoms with van der Waals surface area (Å²) in [4.78, 5) is -0.991. The van der Waals surface area contributed by atoms with Gasteiger partial charge in [-0.2, -0.15) is 20.8 Å². The zero-order chi connectivity index (χ0) is 16.9. The topological polar surface area (TPSA) is 72.3 Å². The Morgan fingerprint density at radius 3 is 1.91 bits per heavy atom. The van der Waals surface area contributed by atoms with Gasteiger partial charge in [-0.15, -0.1) is 0 Å². The second-order valence-corrected chi connectivity index (χ2v) is 6.00. The first-order valence-electron chi connectivity index (χ1n) is 7.08. The fourth-order valence-corrected chi connectivity index (χ4v) is 2.17. The average Bonchev–Trinajstić information content (AvgIpc) is 2.60. The Morgan fingerprint density at radius 2 is 1.43 bits per heavy atom. The second-order valence-electron chi connectivity index (χ2n) is 5.27. The van der Waals surface area contributed by atoms with Crippen LogP contribution in [0.5, 0.6) is 0 Å². The van der Waals surface area contributed by atoms with Crippen molar-refractivity contribution in [2.45, 2.75) is 24.9 Å². The number of hydrogen-bond acceptors (Lipinski definition) is 4. The van der Waals surface area contributed by atoms with E-state index in [1.807, 2.05) is 19.1 Å². The molecule has 0 aliphatic heterocycles. The van der Waals surface area contributed by atoms with E-state index in [0.29, 0.717) is 11.1 Å². The number of alkyl halides is 1. The van der Waals surface area contributed by atoms with Crippen molar-refractivity contribution in [3.05, 3.63) is 70.8 Å². The van der Waals surface area contributed by atoms with Crippen LogP contribution in [0.25, 0.3) is 0 Å². The van der Waals surface area contributed by atoms with E-state index in [2.05, 4.69) is 22.4 Å². The Hall–Kier alpha value is -2.69. The highest BCUT2D eigenvalue weighted by Gasteiger charge is 2.23. The molecular weight excluding hydrogens is 308 g/mol. The van der Waals surface area contributed by atoms with Gasteiger partial charge < -0.3 is 0 Å². The van der Waals surface area contributed by atoms with Crippen LogP contribution >= 0.6 is 11.6 Å². The number of benzene rings is 2. The van der Waals surface area contributed by atoms with Gasteiger partial charge in [0.1, 0.15) is 0 Å². The summed E-state index contributed by atoms with van der Waals surface area (Å²) in [6.45, 7) is 3.67. The summed E-state index contributed by atoms with van der Waals surface area (Å²) in [5.41, 5.74) is 2.91. The van der Waals surface area contributed by atoms with Gasteiger partial charge in [0.2, 0.25) is 0 Å². The molecule has 23 heavy (non-hydrogen) atoms. The molecule has 0 radical (unpaired) electrons. The number of rotatable bonds is 4. The molecule has 0 saturated carbocycles. The molecule has 2 aromatic rings. The van der Waals surface area contributed by atoms with E-state index in [-0.39, 0.29) is 6.04 Å². The molecule has 0 amide bonds. The molecule has 0 fully saturated rings. The van der Waals surface area contributed by atoms with E-state index in [9.17, 15) is 0 Å². The summed E-state index contributed by atoms with van der Waals surface area (Å²) in [7, 11) is 0. The zero-order valence-corrected chi connectivity index (χ0v) is 13.6. The lowest BCUT2D eigenvalue weighted by atomic mass is 10.1. The Morgan fingerprint density at radius 1 is 0.957 bits per heavy atom. The molecule has 2 rings (SSSR count). The van der Waals surface area contributed by atoms with Crippen LogP contribution in [-0.2, 0) is 5.00 Å². The Balaban J connectivity index is 2.15. The fraction of sp³-hybridized carbons (Fsp3) is 0.222. The summed E-state index contributed by atoms with van der Waals surface area (Å²) in [5.74, 6) is 0. The molecule has 0 heterocycles. The van der Waals surface area contributed by atoms with Crippen LogP contribution in [-0.4, -0.2) is 0 Å². The van der Waals surface area contributed by atoms with Crippen LogP contribution in [0.4, 0.5) is 0 Å². The summed E-state index contributed by atoms with van der Waals surface area (Å²) in [5, 5.41) is 26.2. The molecule has 2 aromatic carbocycles. The van der Waals surface area contributed by atoms with Gasteiger partial charge in [-0.1, -0.05) is 35.9 Å². The van der Waals surface area contributed by atoms with Gasteiger partial charge in [0.15, 0.2) is 5.00 Å². The third-order valence-electron chi connectivity index (χ3n) is 3.48. The summed E-state index contributed by atoms with van der Waals surface area (Å²) < 4.78 is 0. The first-order valence-corrected chi connectivity index (χ1v) is 7.45. The maximum Gasteiger partial charge on any atom is 0.176 e. The van der Waals surface area contributed by atoms with Gasteiger partial charge in [-0.3, -0.25) is 0 Å². The van der Waals surface area contributed by atoms with Crippen LogP contribution in [0, 0.1) is 22.7 Å². The van der Waals surface area contributed by atoms with E-state index in [4.69, 9.17) is 22.1 Å². The van der Waals surface area contributed by atoms with Crippen LogP contribution in [0.3, 0.4) is 0 Å². The van der Waals surface area contributed by atoms with E-state index in [1.165, 1.54) is 0 Å². The van der Waals surface area contributed by atoms with Crippen molar-refractivity contribution in [3.63, 3.8) is 0 Å². The zero-order valence-electron chi connectivity index (χ0n) is 12.9. The van der Waals surface area contributed by atoms with Crippen molar-refractivity contribution in [3.8, 4) is 12.1 Å². The molecule has 0 spiro atoms. The van der Waals surface area contributed by atoms with E-state index < -0.39 is 5.00 Å². The van der Waals surface area contributed by atoms with E-state index in [0.717, 1.165) is 11.1 Å². The first kappa shape index (κ1) is 16.7. The van der Waals surface area contributed by atoms with Gasteiger partial charge in [0.25, 0.3) is 0 Å². The lowest BCUT2D eigenvalue weighted by Gasteiger charge is -2.17. The lowest BCUT2D eigenvalue weighted by Crippen LogP contribution is -2.09. The highest BCUT2D eigenvalue weighted by Crippen LogP contribution is 2.32. The number of halogens is 1. The molecule has 5 heteroatoms. The molecule has 2 unspecified atom stereocenters. The minimum Gasteiger partial charge on any atom is -0.192 e. The van der Waals surface area contributed by atoms with Crippen molar-refractivity contribution in [2.75, 3.05) is 0 Å². The maximum atomic E-state index is 8.83. The molecule has 2 atom stereocenters. The molecule has 114 valence electrons. The third-order valence-corrected chi connectivity index (χ3v) is 3.78. The molecule has 0 aliphatic carbocycles. The monoisotopic (exact) mass is 322 g/mol. The number of hydrogen-bond donors (Lipinski definition) is 0. The predicted molar refractivity (Wildman–Crippen MR) is 88.8 cm³/mol. The van der Waals surface area contributed by atoms with E-state index >= 15 is 0 Å². The standard InChI is InChI=1S/C18H15ClN4/c1-13(16-7-3-14(11-20)4-8-16)22-23-18(2,19)17-9-5-15(12-21)6-10-17/h3-10,13H,1-2H3/b23-22+. The molecule has 4 nitrogen and oxygen atoms in total. The van der Waals surface area contributed by atoms with Crippen molar-refractivity contribution in [1.29, 1.82) is 10.5 Å². The van der Waals surface area contributed by atoms with Gasteiger partial charge in [0.05, 0.1) is 29.3 Å². The molecule has 0 bridgehead atoms. The summed E-state index contributed by atoms with van der Waals surface area (Å²) in [6.07, 6.45) is 0. The normalized spacial score (nSPS) is 14.7. The summed E-state index contributed by atoms with van der Waals surface area (Å²) in [6, 6.07) is 18.2. The van der Waals surface area contributed by atoms with Crippen molar-refractivity contribution >= 4 is 11.6 Å². The minimum absolute atomic E-state index is 0.167. The van der Waals surface area contributed by atoms with Gasteiger partial charge in [0, 0.05) is 0 Å². The number of nitriles is 2. The second kappa shape index (κ2) is 7.05. The largest absolute Gasteiger partial charge is 0.192 e. The Kier molecular flexibility index (Phi) is 5.11. The summed E-state index contributed by atoms with van der Waals surface area (Å²) >= 11 is 6.45. The molecule has 0 N–H and O–H groups in total. The van der Waals surface area contributed by atoms with Gasteiger partial charge >= 0.3 is 0 Å². The predicted octanol–water partition coefficient (Wildman–Crippen LogP) is 5.05.